The number of hydrogen-bond acceptors (Lipinski definition) is 7. The Hall–Kier alpha value is -1.86. The highest BCUT2D eigenvalue weighted by Gasteiger charge is 2.60. The molecule has 11 unspecified atom stereocenters. The summed E-state index contributed by atoms with van der Waals surface area (Å²) in [6.07, 6.45) is 1.86. The van der Waals surface area contributed by atoms with E-state index in [-0.39, 0.29) is 72.7 Å². The first-order valence-electron chi connectivity index (χ1n) is 16.7. The number of halogens is 2. The zero-order valence-electron chi connectivity index (χ0n) is 25.5. The highest BCUT2D eigenvalue weighted by atomic mass is 19.1. The number of ether oxygens (including phenoxy) is 1. The lowest BCUT2D eigenvalue weighted by atomic mass is 9.72. The molecule has 10 nitrogen and oxygen atoms in total. The molecule has 7 rings (SSSR count). The molecule has 5 aliphatic heterocycles. The van der Waals surface area contributed by atoms with Crippen molar-refractivity contribution in [3.63, 3.8) is 0 Å². The van der Waals surface area contributed by atoms with Crippen molar-refractivity contribution in [2.24, 2.45) is 17.8 Å². The summed E-state index contributed by atoms with van der Waals surface area (Å²) in [5, 5.41) is 14.2. The number of hydrogen-bond donors (Lipinski definition) is 4. The summed E-state index contributed by atoms with van der Waals surface area (Å²) in [6.45, 7) is 11.0. The molecule has 12 heteroatoms. The highest BCUT2D eigenvalue weighted by molar-refractivity contribution is 5.87. The summed E-state index contributed by atoms with van der Waals surface area (Å²) >= 11 is 0. The number of piperidine rings is 2. The van der Waals surface area contributed by atoms with Crippen molar-refractivity contribution < 1.29 is 23.1 Å². The summed E-state index contributed by atoms with van der Waals surface area (Å²) in [6, 6.07) is -1.07. The van der Waals surface area contributed by atoms with E-state index in [0.717, 1.165) is 32.2 Å². The van der Waals surface area contributed by atoms with Crippen LogP contribution in [0.5, 0.6) is 0 Å². The number of nitrogens with one attached hydrogen (secondary N) is 4. The molecular weight excluding hydrogens is 556 g/mol. The third-order valence-electron chi connectivity index (χ3n) is 11.6. The van der Waals surface area contributed by atoms with Gasteiger partial charge in [-0.3, -0.25) is 15.0 Å². The number of alkyl halides is 2. The van der Waals surface area contributed by atoms with E-state index in [1.165, 1.54) is 6.08 Å². The van der Waals surface area contributed by atoms with Gasteiger partial charge in [0.2, 0.25) is 5.91 Å². The number of piperazine rings is 1. The van der Waals surface area contributed by atoms with Crippen molar-refractivity contribution in [2.75, 3.05) is 32.8 Å². The third-order valence-corrected chi connectivity index (χ3v) is 11.6. The standard InChI is InChI=1S/C31H49F2N7O3/c1-4-24(41)38-11-12-39(22-15-21(22)38)29-17-14-19(33)27-25-18(32)6-5-7-20(25)34-10-13-43-23-8-9-35-26(16(2)3)28(23)40(30(17)36-27)31(42)37-29/h4,16-23,25-30,34-36H,1,5-15H2,2-3H3,(H,37,42)/t17?,18?,19?,20?,21-,22+,23?,25?,26?,27?,28?,29?,30?/m0/s1. The lowest BCUT2D eigenvalue weighted by molar-refractivity contribution is -0.131. The first-order chi connectivity index (χ1) is 20.8. The van der Waals surface area contributed by atoms with Gasteiger partial charge in [0.1, 0.15) is 12.3 Å². The van der Waals surface area contributed by atoms with Crippen LogP contribution in [0.4, 0.5) is 13.6 Å². The van der Waals surface area contributed by atoms with E-state index < -0.39 is 30.5 Å². The molecular formula is C31H49F2N7O3. The van der Waals surface area contributed by atoms with Crippen molar-refractivity contribution >= 4 is 11.9 Å². The molecule has 7 aliphatic rings. The highest BCUT2D eigenvalue weighted by Crippen LogP contribution is 2.45. The fourth-order valence-corrected chi connectivity index (χ4v) is 9.55. The topological polar surface area (TPSA) is 101 Å². The second-order valence-electron chi connectivity index (χ2n) is 14.2. The van der Waals surface area contributed by atoms with Crippen molar-refractivity contribution in [3.8, 4) is 0 Å². The summed E-state index contributed by atoms with van der Waals surface area (Å²) in [7, 11) is 0. The van der Waals surface area contributed by atoms with Crippen molar-refractivity contribution in [1.29, 1.82) is 0 Å². The normalized spacial score (nSPS) is 46.8. The molecule has 2 bridgehead atoms. The Morgan fingerprint density at radius 1 is 1.05 bits per heavy atom. The largest absolute Gasteiger partial charge is 0.375 e. The molecule has 0 aromatic rings. The van der Waals surface area contributed by atoms with Gasteiger partial charge in [0, 0.05) is 61.7 Å². The van der Waals surface area contributed by atoms with Crippen molar-refractivity contribution in [2.45, 2.75) is 119 Å². The average molecular weight is 606 g/mol. The van der Waals surface area contributed by atoms with E-state index in [1.54, 1.807) is 0 Å². The molecule has 13 atom stereocenters. The maximum Gasteiger partial charge on any atom is 0.320 e. The van der Waals surface area contributed by atoms with Gasteiger partial charge in [-0.25, -0.2) is 13.6 Å². The third kappa shape index (κ3) is 5.18. The van der Waals surface area contributed by atoms with Gasteiger partial charge in [0.25, 0.3) is 0 Å². The SMILES string of the molecule is C=CC(=O)N1CCN(C2NC(=O)N3C4NC(C(F)CC42)C2C(F)CCCC2NCCOC2CCNC(C(C)C)C23)[C@@H]2C[C@@H]21. The minimum absolute atomic E-state index is 0.00132. The zero-order valence-corrected chi connectivity index (χ0v) is 25.5. The Morgan fingerprint density at radius 3 is 2.67 bits per heavy atom. The summed E-state index contributed by atoms with van der Waals surface area (Å²) in [5.41, 5.74) is 0. The number of urea groups is 1. The van der Waals surface area contributed by atoms with Crippen LogP contribution in [-0.2, 0) is 9.53 Å². The lowest BCUT2D eigenvalue weighted by Gasteiger charge is -2.59. The van der Waals surface area contributed by atoms with Gasteiger partial charge in [0.05, 0.1) is 31.1 Å². The van der Waals surface area contributed by atoms with Crippen LogP contribution in [0, 0.1) is 17.8 Å². The summed E-state index contributed by atoms with van der Waals surface area (Å²) in [5.74, 6) is -0.598. The van der Waals surface area contributed by atoms with Crippen molar-refractivity contribution in [3.05, 3.63) is 12.7 Å². The van der Waals surface area contributed by atoms with E-state index in [4.69, 9.17) is 4.74 Å². The van der Waals surface area contributed by atoms with Gasteiger partial charge < -0.3 is 30.5 Å². The molecule has 2 aliphatic carbocycles. The minimum atomic E-state index is -1.25. The van der Waals surface area contributed by atoms with E-state index >= 15 is 8.78 Å². The van der Waals surface area contributed by atoms with Crippen LogP contribution in [0.2, 0.25) is 0 Å². The van der Waals surface area contributed by atoms with E-state index in [1.807, 2.05) is 9.80 Å². The summed E-state index contributed by atoms with van der Waals surface area (Å²) in [4.78, 5) is 32.9. The Balaban J connectivity index is 1.25. The van der Waals surface area contributed by atoms with Gasteiger partial charge >= 0.3 is 6.03 Å². The Bertz CT molecular complexity index is 1080. The van der Waals surface area contributed by atoms with Crippen LogP contribution in [0.3, 0.4) is 0 Å². The van der Waals surface area contributed by atoms with Crippen LogP contribution < -0.4 is 21.3 Å². The quantitative estimate of drug-likeness (QED) is 0.361. The molecule has 240 valence electrons. The number of carbonyl (C=O) groups is 2. The summed E-state index contributed by atoms with van der Waals surface area (Å²) < 4.78 is 38.8. The van der Waals surface area contributed by atoms with Crippen molar-refractivity contribution in [1.82, 2.24) is 36.0 Å². The van der Waals surface area contributed by atoms with E-state index in [0.29, 0.717) is 32.7 Å². The maximum absolute atomic E-state index is 16.5. The second kappa shape index (κ2) is 11.8. The number of fused-ring (bicyclic) bond motifs is 6. The van der Waals surface area contributed by atoms with Crippen LogP contribution in [-0.4, -0.2) is 126 Å². The molecule has 43 heavy (non-hydrogen) atoms. The fraction of sp³-hybridized carbons (Fsp3) is 0.871. The smallest absolute Gasteiger partial charge is 0.320 e. The molecule has 0 aromatic carbocycles. The van der Waals surface area contributed by atoms with E-state index in [9.17, 15) is 9.59 Å². The molecule has 4 N–H and O–H groups in total. The lowest BCUT2D eigenvalue weighted by Crippen LogP contribution is -2.80. The molecule has 0 aromatic heterocycles. The van der Waals surface area contributed by atoms with Gasteiger partial charge in [0.15, 0.2) is 0 Å². The van der Waals surface area contributed by atoms with Crippen LogP contribution >= 0.6 is 0 Å². The second-order valence-corrected chi connectivity index (χ2v) is 14.2. The number of amides is 3. The van der Waals surface area contributed by atoms with Gasteiger partial charge in [-0.15, -0.1) is 0 Å². The van der Waals surface area contributed by atoms with E-state index in [2.05, 4.69) is 46.6 Å². The molecule has 5 heterocycles. The monoisotopic (exact) mass is 605 g/mol. The molecule has 7 fully saturated rings. The van der Waals surface area contributed by atoms with Gasteiger partial charge in [-0.05, 0) is 57.1 Å². The zero-order chi connectivity index (χ0) is 30.0. The predicted octanol–water partition coefficient (Wildman–Crippen LogP) is 1.33. The molecule has 5 saturated heterocycles. The Morgan fingerprint density at radius 2 is 1.88 bits per heavy atom. The maximum atomic E-state index is 16.5. The number of carbonyl (C=O) groups excluding carboxylic acids is 2. The van der Waals surface area contributed by atoms with Crippen LogP contribution in [0.15, 0.2) is 12.7 Å². The average Bonchev–Trinajstić information content (AvgIpc) is 3.79. The minimum Gasteiger partial charge on any atom is -0.375 e. The first-order valence-corrected chi connectivity index (χ1v) is 16.7. The number of rotatable bonds is 3. The Labute approximate surface area is 253 Å². The number of nitrogens with zero attached hydrogens (tertiary/aromatic N) is 3. The van der Waals surface area contributed by atoms with Gasteiger partial charge in [-0.1, -0.05) is 20.4 Å². The molecule has 2 saturated carbocycles. The molecule has 3 amide bonds. The Kier molecular flexibility index (Phi) is 8.20. The first kappa shape index (κ1) is 29.8. The van der Waals surface area contributed by atoms with Gasteiger partial charge in [-0.2, -0.15) is 0 Å². The molecule has 0 spiro atoms. The van der Waals surface area contributed by atoms with Crippen LogP contribution in [0.25, 0.3) is 0 Å². The molecule has 0 radical (unpaired) electrons. The fourth-order valence-electron chi connectivity index (χ4n) is 9.55. The van der Waals surface area contributed by atoms with Crippen LogP contribution in [0.1, 0.15) is 52.4 Å². The predicted molar refractivity (Wildman–Crippen MR) is 157 cm³/mol.